The third-order valence-electron chi connectivity index (χ3n) is 3.13. The van der Waals surface area contributed by atoms with Crippen LogP contribution in [0.5, 0.6) is 0 Å². The predicted molar refractivity (Wildman–Crippen MR) is 70.2 cm³/mol. The lowest BCUT2D eigenvalue weighted by Crippen LogP contribution is -1.98. The quantitative estimate of drug-likeness (QED) is 0.509. The molecule has 0 atom stereocenters. The summed E-state index contributed by atoms with van der Waals surface area (Å²) in [5, 5.41) is 8.17. The number of nitrogen functional groups attached to an aromatic ring is 1. The smallest absolute Gasteiger partial charge is 0.190 e. The number of aromatic nitrogens is 6. The number of rotatable bonds is 1. The Hall–Kier alpha value is -3.03. The maximum Gasteiger partial charge on any atom is 0.190 e. The molecule has 0 amide bonds. The fourth-order valence-corrected chi connectivity index (χ4v) is 2.15. The molecule has 0 bridgehead atoms. The first kappa shape index (κ1) is 10.9. The number of aromatic amines is 1. The summed E-state index contributed by atoms with van der Waals surface area (Å²) in [7, 11) is 0. The Morgan fingerprint density at radius 1 is 1.20 bits per heavy atom. The Balaban J connectivity index is 2.08. The van der Waals surface area contributed by atoms with E-state index in [1.807, 2.05) is 0 Å². The van der Waals surface area contributed by atoms with Gasteiger partial charge in [-0.05, 0) is 12.1 Å². The first-order chi connectivity index (χ1) is 9.75. The lowest BCUT2D eigenvalue weighted by atomic mass is 10.1. The number of nitrogens with two attached hydrogens (primary N) is 1. The standard InChI is InChI=1S/C12H8FN7/c13-7-3-1-2-6(8(7)14)11-18-19-12-9-10(16-4-15-9)17-5-20(11)12/h1-5H,14H2,(H,15,16). The van der Waals surface area contributed by atoms with Gasteiger partial charge in [0.15, 0.2) is 17.1 Å². The lowest BCUT2D eigenvalue weighted by molar-refractivity contribution is 0.633. The molecule has 0 saturated carbocycles. The van der Waals surface area contributed by atoms with E-state index in [9.17, 15) is 4.39 Å². The SMILES string of the molecule is Nc1c(F)cccc1-c1nnc2c3[nH]cnc3ncn12. The number of halogens is 1. The van der Waals surface area contributed by atoms with Gasteiger partial charge in [-0.3, -0.25) is 4.40 Å². The monoisotopic (exact) mass is 269 g/mol. The van der Waals surface area contributed by atoms with Crippen LogP contribution in [0.2, 0.25) is 0 Å². The molecule has 0 radical (unpaired) electrons. The number of benzene rings is 1. The van der Waals surface area contributed by atoms with E-state index in [1.54, 1.807) is 16.5 Å². The Bertz CT molecular complexity index is 939. The van der Waals surface area contributed by atoms with Crippen molar-refractivity contribution in [2.24, 2.45) is 0 Å². The van der Waals surface area contributed by atoms with E-state index >= 15 is 0 Å². The second-order valence-corrected chi connectivity index (χ2v) is 4.26. The highest BCUT2D eigenvalue weighted by Crippen LogP contribution is 2.27. The molecule has 0 aliphatic rings. The first-order valence-corrected chi connectivity index (χ1v) is 5.83. The van der Waals surface area contributed by atoms with Gasteiger partial charge in [0, 0.05) is 5.56 Å². The minimum absolute atomic E-state index is 0.0338. The van der Waals surface area contributed by atoms with Crippen LogP contribution in [0.4, 0.5) is 10.1 Å². The molecule has 3 N–H and O–H groups in total. The Morgan fingerprint density at radius 2 is 2.10 bits per heavy atom. The van der Waals surface area contributed by atoms with Gasteiger partial charge in [0.1, 0.15) is 17.7 Å². The summed E-state index contributed by atoms with van der Waals surface area (Å²) < 4.78 is 15.2. The molecule has 98 valence electrons. The molecule has 20 heavy (non-hydrogen) atoms. The van der Waals surface area contributed by atoms with Gasteiger partial charge in [-0.25, -0.2) is 14.4 Å². The van der Waals surface area contributed by atoms with Gasteiger partial charge in [-0.2, -0.15) is 0 Å². The van der Waals surface area contributed by atoms with Crippen molar-refractivity contribution in [1.29, 1.82) is 0 Å². The van der Waals surface area contributed by atoms with E-state index in [4.69, 9.17) is 5.73 Å². The predicted octanol–water partition coefficient (Wildman–Crippen LogP) is 1.39. The number of para-hydroxylation sites is 1. The minimum Gasteiger partial charge on any atom is -0.396 e. The molecule has 4 aromatic rings. The first-order valence-electron chi connectivity index (χ1n) is 5.83. The highest BCUT2D eigenvalue weighted by molar-refractivity contribution is 5.86. The number of nitrogens with zero attached hydrogens (tertiary/aromatic N) is 5. The van der Waals surface area contributed by atoms with Crippen LogP contribution in [0.3, 0.4) is 0 Å². The third-order valence-corrected chi connectivity index (χ3v) is 3.13. The van der Waals surface area contributed by atoms with Gasteiger partial charge in [-0.15, -0.1) is 10.2 Å². The molecule has 0 saturated heterocycles. The summed E-state index contributed by atoms with van der Waals surface area (Å²) in [5.41, 5.74) is 8.04. The Labute approximate surface area is 111 Å². The third kappa shape index (κ3) is 1.32. The van der Waals surface area contributed by atoms with Gasteiger partial charge < -0.3 is 10.7 Å². The molecule has 3 heterocycles. The van der Waals surface area contributed by atoms with Crippen molar-refractivity contribution < 1.29 is 4.39 Å². The normalized spacial score (nSPS) is 11.4. The van der Waals surface area contributed by atoms with E-state index in [1.165, 1.54) is 18.7 Å². The molecule has 1 aromatic carbocycles. The maximum atomic E-state index is 13.6. The zero-order chi connectivity index (χ0) is 13.7. The van der Waals surface area contributed by atoms with Crippen molar-refractivity contribution in [3.63, 3.8) is 0 Å². The zero-order valence-corrected chi connectivity index (χ0v) is 10.1. The van der Waals surface area contributed by atoms with Gasteiger partial charge >= 0.3 is 0 Å². The highest BCUT2D eigenvalue weighted by Gasteiger charge is 2.15. The maximum absolute atomic E-state index is 13.6. The zero-order valence-electron chi connectivity index (χ0n) is 10.1. The minimum atomic E-state index is -0.491. The van der Waals surface area contributed by atoms with Crippen LogP contribution in [0.1, 0.15) is 0 Å². The summed E-state index contributed by atoms with van der Waals surface area (Å²) >= 11 is 0. The fraction of sp³-hybridized carbons (Fsp3) is 0. The second-order valence-electron chi connectivity index (χ2n) is 4.26. The summed E-state index contributed by atoms with van der Waals surface area (Å²) in [4.78, 5) is 11.2. The number of hydrogen-bond donors (Lipinski definition) is 2. The van der Waals surface area contributed by atoms with E-state index in [0.717, 1.165) is 0 Å². The molecule has 0 aliphatic carbocycles. The van der Waals surface area contributed by atoms with Gasteiger partial charge in [-0.1, -0.05) is 6.07 Å². The van der Waals surface area contributed by atoms with Crippen molar-refractivity contribution >= 4 is 22.5 Å². The molecule has 0 spiro atoms. The lowest BCUT2D eigenvalue weighted by Gasteiger charge is -2.04. The average molecular weight is 269 g/mol. The van der Waals surface area contributed by atoms with Crippen LogP contribution in [0.25, 0.3) is 28.2 Å². The van der Waals surface area contributed by atoms with Gasteiger partial charge in [0.05, 0.1) is 12.0 Å². The number of hydrogen-bond acceptors (Lipinski definition) is 5. The molecule has 0 fully saturated rings. The van der Waals surface area contributed by atoms with E-state index in [0.29, 0.717) is 28.2 Å². The molecule has 7 nitrogen and oxygen atoms in total. The fourth-order valence-electron chi connectivity index (χ4n) is 2.15. The number of anilines is 1. The van der Waals surface area contributed by atoms with E-state index in [-0.39, 0.29) is 5.69 Å². The topological polar surface area (TPSA) is 97.8 Å². The summed E-state index contributed by atoms with van der Waals surface area (Å²) in [6, 6.07) is 4.56. The highest BCUT2D eigenvalue weighted by atomic mass is 19.1. The van der Waals surface area contributed by atoms with Crippen molar-refractivity contribution in [3.8, 4) is 11.4 Å². The Kier molecular flexibility index (Phi) is 2.02. The van der Waals surface area contributed by atoms with Crippen LogP contribution >= 0.6 is 0 Å². The molecule has 8 heteroatoms. The van der Waals surface area contributed by atoms with Gasteiger partial charge in [0.25, 0.3) is 0 Å². The number of imidazole rings is 1. The van der Waals surface area contributed by atoms with Crippen molar-refractivity contribution in [2.75, 3.05) is 5.73 Å². The van der Waals surface area contributed by atoms with Crippen LogP contribution < -0.4 is 5.73 Å². The molecule has 3 aromatic heterocycles. The molecule has 0 aliphatic heterocycles. The molecule has 0 unspecified atom stereocenters. The van der Waals surface area contributed by atoms with Crippen LogP contribution in [0.15, 0.2) is 30.9 Å². The second kappa shape index (κ2) is 3.73. The van der Waals surface area contributed by atoms with Crippen LogP contribution in [0, 0.1) is 5.82 Å². The van der Waals surface area contributed by atoms with Crippen molar-refractivity contribution in [2.45, 2.75) is 0 Å². The number of fused-ring (bicyclic) bond motifs is 3. The average Bonchev–Trinajstić information content (AvgIpc) is 3.06. The molecule has 4 rings (SSSR count). The van der Waals surface area contributed by atoms with Crippen LogP contribution in [-0.4, -0.2) is 29.5 Å². The molecular formula is C12H8FN7. The van der Waals surface area contributed by atoms with Crippen molar-refractivity contribution in [3.05, 3.63) is 36.7 Å². The van der Waals surface area contributed by atoms with Crippen molar-refractivity contribution in [1.82, 2.24) is 29.5 Å². The van der Waals surface area contributed by atoms with Crippen LogP contribution in [-0.2, 0) is 0 Å². The Morgan fingerprint density at radius 3 is 3.00 bits per heavy atom. The summed E-state index contributed by atoms with van der Waals surface area (Å²) in [6.07, 6.45) is 3.07. The summed E-state index contributed by atoms with van der Waals surface area (Å²) in [6.45, 7) is 0. The molecular weight excluding hydrogens is 261 g/mol. The van der Waals surface area contributed by atoms with E-state index < -0.39 is 5.82 Å². The number of H-pyrrole nitrogens is 1. The van der Waals surface area contributed by atoms with Gasteiger partial charge in [0.2, 0.25) is 0 Å². The largest absolute Gasteiger partial charge is 0.396 e. The number of nitrogens with one attached hydrogen (secondary N) is 1. The van der Waals surface area contributed by atoms with E-state index in [2.05, 4.69) is 25.1 Å². The summed E-state index contributed by atoms with van der Waals surface area (Å²) in [5.74, 6) is -0.0594.